The van der Waals surface area contributed by atoms with E-state index in [1.54, 1.807) is 0 Å². The Hall–Kier alpha value is -0.660. The van der Waals surface area contributed by atoms with Crippen molar-refractivity contribution >= 4 is 0 Å². The molecule has 44 heavy (non-hydrogen) atoms. The second kappa shape index (κ2) is 33.7. The fourth-order valence-electron chi connectivity index (χ4n) is 7.25. The maximum absolute atomic E-state index is 2.70. The van der Waals surface area contributed by atoms with E-state index >= 15 is 0 Å². The molecular formula is C42H84N2. The molecule has 0 spiro atoms. The number of rotatable bonds is 36. The van der Waals surface area contributed by atoms with Gasteiger partial charge in [0.1, 0.15) is 6.17 Å². The van der Waals surface area contributed by atoms with Crippen LogP contribution in [0.15, 0.2) is 12.4 Å². The lowest BCUT2D eigenvalue weighted by Gasteiger charge is -2.33. The molecule has 1 rings (SSSR count). The van der Waals surface area contributed by atoms with Gasteiger partial charge in [-0.3, -0.25) is 0 Å². The average molecular weight is 617 g/mol. The Morgan fingerprint density at radius 2 is 0.523 bits per heavy atom. The van der Waals surface area contributed by atoms with Crippen LogP contribution in [-0.4, -0.2) is 29.1 Å². The molecule has 0 amide bonds. The summed E-state index contributed by atoms with van der Waals surface area (Å²) in [7, 11) is 0. The van der Waals surface area contributed by atoms with E-state index in [0.29, 0.717) is 6.17 Å². The van der Waals surface area contributed by atoms with Gasteiger partial charge in [-0.1, -0.05) is 213 Å². The molecule has 0 saturated heterocycles. The fraction of sp³-hybridized carbons (Fsp3) is 0.952. The molecule has 1 aliphatic heterocycles. The highest BCUT2D eigenvalue weighted by Gasteiger charge is 2.24. The maximum Gasteiger partial charge on any atom is 0.101 e. The molecule has 0 saturated carbocycles. The first-order chi connectivity index (χ1) is 21.8. The predicted molar refractivity (Wildman–Crippen MR) is 200 cm³/mol. The van der Waals surface area contributed by atoms with Gasteiger partial charge >= 0.3 is 0 Å². The van der Waals surface area contributed by atoms with Crippen molar-refractivity contribution in [3.8, 4) is 0 Å². The van der Waals surface area contributed by atoms with E-state index in [4.69, 9.17) is 0 Å². The Kier molecular flexibility index (Phi) is 31.7. The quantitative estimate of drug-likeness (QED) is 0.0646. The molecule has 1 aliphatic rings. The van der Waals surface area contributed by atoms with E-state index < -0.39 is 0 Å². The van der Waals surface area contributed by atoms with Crippen molar-refractivity contribution in [3.05, 3.63) is 12.4 Å². The van der Waals surface area contributed by atoms with Crippen LogP contribution in [0.1, 0.15) is 239 Å². The molecule has 262 valence electrons. The lowest BCUT2D eigenvalue weighted by molar-refractivity contribution is 0.135. The number of hydrogen-bond acceptors (Lipinski definition) is 2. The van der Waals surface area contributed by atoms with Crippen LogP contribution in [0.5, 0.6) is 0 Å². The number of nitrogens with zero attached hydrogens (tertiary/aromatic N) is 2. The molecule has 1 heterocycles. The summed E-state index contributed by atoms with van der Waals surface area (Å²) in [6, 6.07) is 0. The zero-order chi connectivity index (χ0) is 31.6. The molecule has 0 radical (unpaired) electrons. The first kappa shape index (κ1) is 41.4. The van der Waals surface area contributed by atoms with Crippen LogP contribution < -0.4 is 0 Å². The highest BCUT2D eigenvalue weighted by atomic mass is 15.4. The maximum atomic E-state index is 2.70. The molecule has 0 aromatic heterocycles. The van der Waals surface area contributed by atoms with Crippen LogP contribution >= 0.6 is 0 Å². The lowest BCUT2D eigenvalue weighted by Crippen LogP contribution is -2.39. The lowest BCUT2D eigenvalue weighted by atomic mass is 10.0. The minimum atomic E-state index is 0.639. The molecule has 0 aromatic rings. The topological polar surface area (TPSA) is 6.48 Å². The first-order valence-corrected chi connectivity index (χ1v) is 21.0. The molecule has 0 fully saturated rings. The van der Waals surface area contributed by atoms with E-state index in [1.165, 1.54) is 231 Å². The second-order valence-electron chi connectivity index (χ2n) is 14.6. The highest BCUT2D eigenvalue weighted by molar-refractivity contribution is 4.97. The number of hydrogen-bond donors (Lipinski definition) is 0. The Labute approximate surface area is 280 Å². The summed E-state index contributed by atoms with van der Waals surface area (Å²) >= 11 is 0. The van der Waals surface area contributed by atoms with Crippen molar-refractivity contribution < 1.29 is 0 Å². The van der Waals surface area contributed by atoms with E-state index in [0.717, 1.165) is 0 Å². The van der Waals surface area contributed by atoms with E-state index in [2.05, 4.69) is 43.0 Å². The summed E-state index contributed by atoms with van der Waals surface area (Å²) in [5.74, 6) is 0. The molecule has 1 unspecified atom stereocenters. The van der Waals surface area contributed by atoms with Crippen LogP contribution in [-0.2, 0) is 0 Å². The van der Waals surface area contributed by atoms with Gasteiger partial charge in [0, 0.05) is 25.5 Å². The smallest absolute Gasteiger partial charge is 0.101 e. The predicted octanol–water partition coefficient (Wildman–Crippen LogP) is 14.7. The van der Waals surface area contributed by atoms with Crippen molar-refractivity contribution in [3.63, 3.8) is 0 Å². The van der Waals surface area contributed by atoms with Gasteiger partial charge in [-0.15, -0.1) is 0 Å². The van der Waals surface area contributed by atoms with Crippen LogP contribution in [0.2, 0.25) is 0 Å². The fourth-order valence-corrected chi connectivity index (χ4v) is 7.25. The third kappa shape index (κ3) is 25.5. The van der Waals surface area contributed by atoms with Crippen LogP contribution in [0.25, 0.3) is 0 Å². The molecule has 2 nitrogen and oxygen atoms in total. The summed E-state index contributed by atoms with van der Waals surface area (Å²) in [4.78, 5) is 5.39. The van der Waals surface area contributed by atoms with Crippen molar-refractivity contribution in [2.24, 2.45) is 0 Å². The van der Waals surface area contributed by atoms with E-state index in [9.17, 15) is 0 Å². The minimum Gasteiger partial charge on any atom is -0.356 e. The van der Waals surface area contributed by atoms with Crippen LogP contribution in [0.3, 0.4) is 0 Å². The summed E-state index contributed by atoms with van der Waals surface area (Å²) in [5.41, 5.74) is 0. The Bertz CT molecular complexity index is 572. The van der Waals surface area contributed by atoms with Gasteiger partial charge in [0.05, 0.1) is 0 Å². The van der Waals surface area contributed by atoms with Gasteiger partial charge in [0.25, 0.3) is 0 Å². The van der Waals surface area contributed by atoms with Crippen molar-refractivity contribution in [2.75, 3.05) is 13.1 Å². The van der Waals surface area contributed by atoms with Crippen molar-refractivity contribution in [2.45, 2.75) is 245 Å². The minimum absolute atomic E-state index is 0.639. The summed E-state index contributed by atoms with van der Waals surface area (Å²) < 4.78 is 0. The third-order valence-corrected chi connectivity index (χ3v) is 10.3. The zero-order valence-electron chi connectivity index (χ0n) is 31.1. The van der Waals surface area contributed by atoms with Gasteiger partial charge in [-0.05, 0) is 25.7 Å². The standard InChI is InChI=1S/C42H84N2/c1-4-7-10-12-14-16-18-20-22-23-25-27-29-31-33-36-39-44-41-40-43(42(44)37-34-9-6-3)38-35-32-30-28-26-24-21-19-17-15-13-11-8-5-2/h40-42H,4-39H2,1-3H3. The summed E-state index contributed by atoms with van der Waals surface area (Å²) in [6.45, 7) is 9.49. The SMILES string of the molecule is CCCCCCCCCCCCCCCCCCN1C=CN(CCCCCCCCCCCCCCCC)C1CCCCC. The number of unbranched alkanes of at least 4 members (excludes halogenated alkanes) is 30. The highest BCUT2D eigenvalue weighted by Crippen LogP contribution is 2.24. The molecule has 0 N–H and O–H groups in total. The van der Waals surface area contributed by atoms with Crippen LogP contribution in [0, 0.1) is 0 Å². The van der Waals surface area contributed by atoms with E-state index in [1.807, 2.05) is 0 Å². The average Bonchev–Trinajstić information content (AvgIpc) is 3.42. The van der Waals surface area contributed by atoms with Crippen molar-refractivity contribution in [1.82, 2.24) is 9.80 Å². The van der Waals surface area contributed by atoms with Gasteiger partial charge in [-0.2, -0.15) is 0 Å². The largest absolute Gasteiger partial charge is 0.356 e. The van der Waals surface area contributed by atoms with Crippen molar-refractivity contribution in [1.29, 1.82) is 0 Å². The van der Waals surface area contributed by atoms with Gasteiger partial charge in [0.2, 0.25) is 0 Å². The Morgan fingerprint density at radius 1 is 0.295 bits per heavy atom. The second-order valence-corrected chi connectivity index (χ2v) is 14.6. The Morgan fingerprint density at radius 3 is 0.795 bits per heavy atom. The molecule has 0 aliphatic carbocycles. The van der Waals surface area contributed by atoms with Crippen LogP contribution in [0.4, 0.5) is 0 Å². The molecule has 0 aromatic carbocycles. The van der Waals surface area contributed by atoms with Gasteiger partial charge in [-0.25, -0.2) is 0 Å². The molecule has 0 bridgehead atoms. The van der Waals surface area contributed by atoms with E-state index in [-0.39, 0.29) is 0 Å². The molecule has 2 heteroatoms. The normalized spacial score (nSPS) is 14.8. The zero-order valence-corrected chi connectivity index (χ0v) is 31.1. The molecule has 1 atom stereocenters. The van der Waals surface area contributed by atoms with Gasteiger partial charge < -0.3 is 9.80 Å². The Balaban J connectivity index is 2.01. The third-order valence-electron chi connectivity index (χ3n) is 10.3. The summed E-state index contributed by atoms with van der Waals surface area (Å²) in [6.07, 6.45) is 54.4. The monoisotopic (exact) mass is 617 g/mol. The first-order valence-electron chi connectivity index (χ1n) is 21.0. The van der Waals surface area contributed by atoms with Gasteiger partial charge in [0.15, 0.2) is 0 Å². The molecular weight excluding hydrogens is 532 g/mol. The summed E-state index contributed by atoms with van der Waals surface area (Å²) in [5, 5.41) is 0.